The number of carboxylic acid groups (broad SMARTS) is 1. The second-order valence-electron chi connectivity index (χ2n) is 2.64. The predicted molar refractivity (Wildman–Crippen MR) is 61.8 cm³/mol. The smallest absolute Gasteiger partial charge is 0.356 e. The van der Waals surface area contributed by atoms with Crippen molar-refractivity contribution in [3.05, 3.63) is 22.2 Å². The Kier molecular flexibility index (Phi) is 2.64. The summed E-state index contributed by atoms with van der Waals surface area (Å²) in [4.78, 5) is 16.0. The molecule has 0 fully saturated rings. The minimum Gasteiger partial charge on any atom is -0.476 e. The Labute approximate surface area is 98.0 Å². The van der Waals surface area contributed by atoms with E-state index in [0.717, 1.165) is 16.2 Å². The van der Waals surface area contributed by atoms with Gasteiger partial charge in [-0.05, 0) is 12.1 Å². The van der Waals surface area contributed by atoms with Gasteiger partial charge in [-0.15, -0.1) is 11.3 Å². The largest absolute Gasteiger partial charge is 0.476 e. The van der Waals surface area contributed by atoms with Gasteiger partial charge in [0.15, 0.2) is 10.8 Å². The highest BCUT2D eigenvalue weighted by Gasteiger charge is 2.18. The second kappa shape index (κ2) is 3.80. The third-order valence-electron chi connectivity index (χ3n) is 1.64. The molecule has 4 nitrogen and oxygen atoms in total. The van der Waals surface area contributed by atoms with Crippen molar-refractivity contribution in [1.29, 1.82) is 0 Å². The van der Waals surface area contributed by atoms with E-state index in [-0.39, 0.29) is 10.8 Å². The van der Waals surface area contributed by atoms with Crippen molar-refractivity contribution in [1.82, 2.24) is 4.98 Å². The number of aromatic nitrogens is 1. The molecule has 2 aromatic rings. The fourth-order valence-electron chi connectivity index (χ4n) is 1.08. The van der Waals surface area contributed by atoms with Gasteiger partial charge in [-0.25, -0.2) is 9.78 Å². The first-order chi connectivity index (χ1) is 7.08. The molecule has 0 bridgehead atoms. The molecule has 0 aliphatic rings. The molecule has 0 saturated heterocycles. The lowest BCUT2D eigenvalue weighted by Gasteiger charge is -1.92. The average Bonchev–Trinajstić information content (AvgIpc) is 2.71. The van der Waals surface area contributed by atoms with Crippen molar-refractivity contribution in [3.8, 4) is 9.75 Å². The Balaban J connectivity index is 2.56. The zero-order chi connectivity index (χ0) is 11.0. The summed E-state index contributed by atoms with van der Waals surface area (Å²) in [6.45, 7) is 0. The van der Waals surface area contributed by atoms with Crippen LogP contribution in [0.15, 0.2) is 12.1 Å². The molecule has 0 aliphatic heterocycles. The van der Waals surface area contributed by atoms with Gasteiger partial charge in [0.25, 0.3) is 0 Å². The summed E-state index contributed by atoms with van der Waals surface area (Å²) in [5, 5.41) is 9.15. The van der Waals surface area contributed by atoms with Crippen molar-refractivity contribution in [3.63, 3.8) is 0 Å². The number of hydrogen-bond donors (Lipinski definition) is 2. The summed E-state index contributed by atoms with van der Waals surface area (Å²) in [6.07, 6.45) is 0. The molecule has 0 aliphatic carbocycles. The summed E-state index contributed by atoms with van der Waals surface area (Å²) in [5.74, 6) is -1.08. The van der Waals surface area contributed by atoms with E-state index in [9.17, 15) is 4.79 Å². The first kappa shape index (κ1) is 10.4. The molecule has 0 spiro atoms. The van der Waals surface area contributed by atoms with E-state index in [1.807, 2.05) is 0 Å². The maximum Gasteiger partial charge on any atom is 0.356 e. The van der Waals surface area contributed by atoms with Crippen LogP contribution in [0.25, 0.3) is 9.75 Å². The van der Waals surface area contributed by atoms with Crippen LogP contribution in [-0.2, 0) is 0 Å². The van der Waals surface area contributed by atoms with Crippen LogP contribution in [-0.4, -0.2) is 16.1 Å². The molecule has 15 heavy (non-hydrogen) atoms. The molecule has 2 heterocycles. The van der Waals surface area contributed by atoms with E-state index in [1.165, 1.54) is 11.3 Å². The van der Waals surface area contributed by atoms with Crippen LogP contribution in [0.3, 0.4) is 0 Å². The van der Waals surface area contributed by atoms with Gasteiger partial charge in [0.05, 0.1) is 9.21 Å². The van der Waals surface area contributed by atoms with Crippen LogP contribution < -0.4 is 5.73 Å². The molecular formula is C8H5ClN2O2S2. The highest BCUT2D eigenvalue weighted by Crippen LogP contribution is 2.37. The van der Waals surface area contributed by atoms with E-state index in [1.54, 1.807) is 12.1 Å². The Morgan fingerprint density at radius 1 is 1.47 bits per heavy atom. The van der Waals surface area contributed by atoms with Gasteiger partial charge in [0.1, 0.15) is 0 Å². The van der Waals surface area contributed by atoms with E-state index in [4.69, 9.17) is 22.4 Å². The van der Waals surface area contributed by atoms with Crippen molar-refractivity contribution in [2.75, 3.05) is 5.73 Å². The summed E-state index contributed by atoms with van der Waals surface area (Å²) in [5.41, 5.74) is 5.46. The number of aromatic carboxylic acids is 1. The monoisotopic (exact) mass is 260 g/mol. The Bertz CT molecular complexity index is 520. The van der Waals surface area contributed by atoms with Crippen LogP contribution in [0.4, 0.5) is 5.13 Å². The van der Waals surface area contributed by atoms with Gasteiger partial charge in [-0.1, -0.05) is 22.9 Å². The number of nitrogens with two attached hydrogens (primary N) is 1. The minimum absolute atomic E-state index is 0.0176. The topological polar surface area (TPSA) is 76.2 Å². The molecule has 0 atom stereocenters. The van der Waals surface area contributed by atoms with Crippen LogP contribution in [0, 0.1) is 0 Å². The van der Waals surface area contributed by atoms with E-state index in [2.05, 4.69) is 4.98 Å². The predicted octanol–water partition coefficient (Wildman–Crippen LogP) is 2.81. The molecule has 3 N–H and O–H groups in total. The van der Waals surface area contributed by atoms with Gasteiger partial charge in [0, 0.05) is 4.88 Å². The molecule has 2 rings (SSSR count). The highest BCUT2D eigenvalue weighted by atomic mass is 35.5. The molecule has 0 amide bonds. The van der Waals surface area contributed by atoms with E-state index < -0.39 is 5.97 Å². The Morgan fingerprint density at radius 3 is 2.73 bits per heavy atom. The number of nitrogen functional groups attached to an aromatic ring is 1. The van der Waals surface area contributed by atoms with E-state index >= 15 is 0 Å². The standard InChI is InChI=1S/C8H5ClN2O2S2/c9-4-2-1-3(14-4)6-5(7(12)13)11-8(10)15-6/h1-2H,(H2,10,11)(H,12,13). The number of thiophene rings is 1. The summed E-state index contributed by atoms with van der Waals surface area (Å²) >= 11 is 8.22. The SMILES string of the molecule is Nc1nc(C(=O)O)c(-c2ccc(Cl)s2)s1. The van der Waals surface area contributed by atoms with Crippen LogP contribution >= 0.6 is 34.3 Å². The van der Waals surface area contributed by atoms with Crippen molar-refractivity contribution < 1.29 is 9.90 Å². The number of halogens is 1. The van der Waals surface area contributed by atoms with Crippen molar-refractivity contribution >= 4 is 45.4 Å². The molecule has 78 valence electrons. The third kappa shape index (κ3) is 1.97. The highest BCUT2D eigenvalue weighted by molar-refractivity contribution is 7.25. The number of rotatable bonds is 2. The normalized spacial score (nSPS) is 10.5. The quantitative estimate of drug-likeness (QED) is 0.871. The molecule has 7 heteroatoms. The number of thiazole rings is 1. The molecule has 0 radical (unpaired) electrons. The van der Waals surface area contributed by atoms with Gasteiger partial charge < -0.3 is 10.8 Å². The van der Waals surface area contributed by atoms with Crippen LogP contribution in [0.2, 0.25) is 4.34 Å². The van der Waals surface area contributed by atoms with Crippen LogP contribution in [0.1, 0.15) is 10.5 Å². The summed E-state index contributed by atoms with van der Waals surface area (Å²) in [6, 6.07) is 3.47. The minimum atomic E-state index is -1.08. The number of carbonyl (C=O) groups is 1. The first-order valence-corrected chi connectivity index (χ1v) is 5.84. The van der Waals surface area contributed by atoms with Gasteiger partial charge in [0.2, 0.25) is 0 Å². The fraction of sp³-hybridized carbons (Fsp3) is 0. The molecular weight excluding hydrogens is 256 g/mol. The van der Waals surface area contributed by atoms with E-state index in [0.29, 0.717) is 9.21 Å². The Hall–Kier alpha value is -1.11. The summed E-state index contributed by atoms with van der Waals surface area (Å²) in [7, 11) is 0. The van der Waals surface area contributed by atoms with Crippen molar-refractivity contribution in [2.24, 2.45) is 0 Å². The number of hydrogen-bond acceptors (Lipinski definition) is 5. The van der Waals surface area contributed by atoms with Crippen molar-refractivity contribution in [2.45, 2.75) is 0 Å². The molecule has 0 aromatic carbocycles. The zero-order valence-corrected chi connectivity index (χ0v) is 9.62. The van der Waals surface area contributed by atoms with Crippen LogP contribution in [0.5, 0.6) is 0 Å². The molecule has 0 saturated carbocycles. The first-order valence-electron chi connectivity index (χ1n) is 3.83. The third-order valence-corrected chi connectivity index (χ3v) is 3.94. The molecule has 0 unspecified atom stereocenters. The zero-order valence-electron chi connectivity index (χ0n) is 7.23. The molecule has 2 aromatic heterocycles. The summed E-state index contributed by atoms with van der Waals surface area (Å²) < 4.78 is 0.605. The second-order valence-corrected chi connectivity index (χ2v) is 5.38. The lowest BCUT2D eigenvalue weighted by atomic mass is 10.3. The Morgan fingerprint density at radius 2 is 2.20 bits per heavy atom. The van der Waals surface area contributed by atoms with Gasteiger partial charge in [-0.3, -0.25) is 0 Å². The number of carboxylic acids is 1. The average molecular weight is 261 g/mol. The fourth-order valence-corrected chi connectivity index (χ4v) is 3.06. The maximum atomic E-state index is 10.9. The number of nitrogens with zero attached hydrogens (tertiary/aromatic N) is 1. The van der Waals surface area contributed by atoms with Gasteiger partial charge >= 0.3 is 5.97 Å². The van der Waals surface area contributed by atoms with Gasteiger partial charge in [-0.2, -0.15) is 0 Å². The number of anilines is 1. The lowest BCUT2D eigenvalue weighted by molar-refractivity contribution is 0.0692. The maximum absolute atomic E-state index is 10.9. The lowest BCUT2D eigenvalue weighted by Crippen LogP contribution is -1.98.